The molecule has 0 spiro atoms. The molecule has 0 aliphatic heterocycles. The van der Waals surface area contributed by atoms with Crippen molar-refractivity contribution in [3.8, 4) is 0 Å². The lowest BCUT2D eigenvalue weighted by Gasteiger charge is -2.23. The van der Waals surface area contributed by atoms with Gasteiger partial charge in [-0.25, -0.2) is 18.7 Å². The van der Waals surface area contributed by atoms with Crippen molar-refractivity contribution in [1.82, 2.24) is 14.5 Å². The van der Waals surface area contributed by atoms with Crippen LogP contribution in [0.5, 0.6) is 0 Å². The van der Waals surface area contributed by atoms with E-state index >= 15 is 0 Å². The van der Waals surface area contributed by atoms with Gasteiger partial charge < -0.3 is 14.8 Å². The van der Waals surface area contributed by atoms with E-state index in [2.05, 4.69) is 42.1 Å². The first-order chi connectivity index (χ1) is 20.1. The maximum absolute atomic E-state index is 14.2. The van der Waals surface area contributed by atoms with E-state index < -0.39 is 25.8 Å². The molecule has 1 atom stereocenters. The molecule has 0 fully saturated rings. The van der Waals surface area contributed by atoms with Crippen molar-refractivity contribution in [2.24, 2.45) is 0 Å². The van der Waals surface area contributed by atoms with E-state index in [4.69, 9.17) is 26.1 Å². The Morgan fingerprint density at radius 3 is 2.43 bits per heavy atom. The van der Waals surface area contributed by atoms with Gasteiger partial charge >= 0.3 is 0 Å². The quantitative estimate of drug-likeness (QED) is 0.0857. The van der Waals surface area contributed by atoms with Gasteiger partial charge in [-0.05, 0) is 48.4 Å². The van der Waals surface area contributed by atoms with Gasteiger partial charge in [-0.1, -0.05) is 67.6 Å². The number of imidazole rings is 1. The molecular weight excluding hydrogens is 594 g/mol. The van der Waals surface area contributed by atoms with E-state index in [1.165, 1.54) is 17.7 Å². The lowest BCUT2D eigenvalue weighted by atomic mass is 10.1. The largest absolute Gasteiger partial charge is 0.378 e. The smallest absolute Gasteiger partial charge is 0.144 e. The topological polar surface area (TPSA) is 61.2 Å². The molecule has 0 aliphatic carbocycles. The Bertz CT molecular complexity index is 1480. The van der Waals surface area contributed by atoms with Crippen LogP contribution >= 0.6 is 23.4 Å². The molecule has 2 aromatic carbocycles. The summed E-state index contributed by atoms with van der Waals surface area (Å²) in [7, 11) is 0.321. The molecule has 0 bridgehead atoms. The third-order valence-electron chi connectivity index (χ3n) is 6.58. The number of aryl methyl sites for hydroxylation is 1. The van der Waals surface area contributed by atoms with E-state index in [1.54, 1.807) is 44.0 Å². The normalized spacial score (nSPS) is 12.5. The molecule has 1 unspecified atom stereocenters. The van der Waals surface area contributed by atoms with Gasteiger partial charge in [-0.3, -0.25) is 4.57 Å². The molecule has 2 heterocycles. The fourth-order valence-corrected chi connectivity index (χ4v) is 6.28. The average molecular weight is 631 g/mol. The van der Waals surface area contributed by atoms with Crippen molar-refractivity contribution in [3.63, 3.8) is 0 Å². The summed E-state index contributed by atoms with van der Waals surface area (Å²) in [5.74, 6) is 0.863. The van der Waals surface area contributed by atoms with Gasteiger partial charge in [-0.15, -0.1) is 11.8 Å². The molecule has 0 amide bonds. The SMILES string of the molecule is COCc1nc(C(Nc2ccc(F)c(C)n2)c2ccc(F)c(Cl)c2)n(COCC[Si](C)(C)C)c1SCc1ccccc1. The highest BCUT2D eigenvalue weighted by atomic mass is 35.5. The van der Waals surface area contributed by atoms with Gasteiger partial charge in [-0.2, -0.15) is 0 Å². The molecule has 0 saturated heterocycles. The van der Waals surface area contributed by atoms with Crippen LogP contribution in [0.2, 0.25) is 30.7 Å². The predicted octanol–water partition coefficient (Wildman–Crippen LogP) is 8.47. The number of thioether (sulfide) groups is 1. The summed E-state index contributed by atoms with van der Waals surface area (Å²) in [6.45, 7) is 9.71. The second-order valence-electron chi connectivity index (χ2n) is 11.2. The Labute approximate surface area is 256 Å². The second-order valence-corrected chi connectivity index (χ2v) is 18.2. The number of ether oxygens (including phenoxy) is 2. The number of hydrogen-bond acceptors (Lipinski definition) is 6. The molecule has 224 valence electrons. The Hall–Kier alpha value is -2.76. The van der Waals surface area contributed by atoms with E-state index in [0.29, 0.717) is 23.8 Å². The third kappa shape index (κ3) is 8.64. The number of rotatable bonds is 14. The van der Waals surface area contributed by atoms with Crippen molar-refractivity contribution < 1.29 is 18.3 Å². The standard InChI is InChI=1S/C31H37ClF2N4O2SSi/c1-21-25(33)13-14-28(35-21)37-29(23-11-12-26(34)24(32)17-23)30-36-27(18-39-2)31(41-19-22-9-7-6-8-10-22)38(30)20-40-15-16-42(3,4)5/h6-14,17,29H,15-16,18-20H2,1-5H3,(H,35,37). The second kappa shape index (κ2) is 14.6. The average Bonchev–Trinajstić information content (AvgIpc) is 3.28. The first-order valence-corrected chi connectivity index (χ1v) is 18.8. The minimum absolute atomic E-state index is 0.0113. The number of nitrogens with one attached hydrogen (secondary N) is 1. The predicted molar refractivity (Wildman–Crippen MR) is 169 cm³/mol. The van der Waals surface area contributed by atoms with Crippen LogP contribution in [0.25, 0.3) is 0 Å². The van der Waals surface area contributed by atoms with Crippen molar-refractivity contribution >= 4 is 37.3 Å². The number of anilines is 1. The summed E-state index contributed by atoms with van der Waals surface area (Å²) in [6, 6.07) is 18.1. The first-order valence-electron chi connectivity index (χ1n) is 13.7. The lowest BCUT2D eigenvalue weighted by molar-refractivity contribution is 0.0790. The number of methoxy groups -OCH3 is 1. The maximum atomic E-state index is 14.2. The fraction of sp³-hybridized carbons (Fsp3) is 0.355. The zero-order valence-corrected chi connectivity index (χ0v) is 27.2. The van der Waals surface area contributed by atoms with Crippen LogP contribution in [0.15, 0.2) is 65.7 Å². The van der Waals surface area contributed by atoms with Gasteiger partial charge in [0.15, 0.2) is 0 Å². The molecule has 42 heavy (non-hydrogen) atoms. The summed E-state index contributed by atoms with van der Waals surface area (Å²) < 4.78 is 42.2. The van der Waals surface area contributed by atoms with Gasteiger partial charge in [0.25, 0.3) is 0 Å². The molecule has 6 nitrogen and oxygen atoms in total. The van der Waals surface area contributed by atoms with Crippen molar-refractivity contribution in [2.75, 3.05) is 19.0 Å². The molecule has 2 aromatic heterocycles. The number of halogens is 3. The minimum Gasteiger partial charge on any atom is -0.378 e. The van der Waals surface area contributed by atoms with Gasteiger partial charge in [0.05, 0.1) is 23.0 Å². The van der Waals surface area contributed by atoms with E-state index in [0.717, 1.165) is 22.5 Å². The van der Waals surface area contributed by atoms with Crippen LogP contribution in [-0.4, -0.2) is 36.3 Å². The Balaban J connectivity index is 1.81. The first kappa shape index (κ1) is 32.2. The van der Waals surface area contributed by atoms with E-state index in [9.17, 15) is 8.78 Å². The highest BCUT2D eigenvalue weighted by Gasteiger charge is 2.27. The summed E-state index contributed by atoms with van der Waals surface area (Å²) in [5.41, 5.74) is 2.85. The Morgan fingerprint density at radius 1 is 1.02 bits per heavy atom. The van der Waals surface area contributed by atoms with Crippen molar-refractivity contribution in [3.05, 3.63) is 106 Å². The van der Waals surface area contributed by atoms with Gasteiger partial charge in [0, 0.05) is 27.5 Å². The molecule has 11 heteroatoms. The monoisotopic (exact) mass is 630 g/mol. The molecule has 4 aromatic rings. The van der Waals surface area contributed by atoms with E-state index in [1.807, 2.05) is 22.8 Å². The van der Waals surface area contributed by atoms with Crippen molar-refractivity contribution in [2.45, 2.75) is 62.8 Å². The van der Waals surface area contributed by atoms with Crippen LogP contribution in [0.1, 0.15) is 34.4 Å². The summed E-state index contributed by atoms with van der Waals surface area (Å²) in [6.07, 6.45) is 0. The number of benzene rings is 2. The molecule has 4 rings (SSSR count). The van der Waals surface area contributed by atoms with Crippen molar-refractivity contribution in [1.29, 1.82) is 0 Å². The highest BCUT2D eigenvalue weighted by Crippen LogP contribution is 2.35. The zero-order valence-electron chi connectivity index (χ0n) is 24.6. The number of hydrogen-bond donors (Lipinski definition) is 1. The number of aromatic nitrogens is 3. The van der Waals surface area contributed by atoms with Crippen LogP contribution in [0, 0.1) is 18.6 Å². The molecule has 1 N–H and O–H groups in total. The lowest BCUT2D eigenvalue weighted by Crippen LogP contribution is -2.23. The van der Waals surface area contributed by atoms with Gasteiger partial charge in [0.1, 0.15) is 41.1 Å². The summed E-state index contributed by atoms with van der Waals surface area (Å²) in [4.78, 5) is 9.44. The summed E-state index contributed by atoms with van der Waals surface area (Å²) in [5, 5.41) is 4.29. The fourth-order valence-electron chi connectivity index (χ4n) is 4.26. The minimum atomic E-state index is -1.31. The highest BCUT2D eigenvalue weighted by molar-refractivity contribution is 7.98. The van der Waals surface area contributed by atoms with Gasteiger partial charge in [0.2, 0.25) is 0 Å². The van der Waals surface area contributed by atoms with Crippen LogP contribution in [0.3, 0.4) is 0 Å². The Kier molecular flexibility index (Phi) is 11.2. The van der Waals surface area contributed by atoms with Crippen LogP contribution < -0.4 is 5.32 Å². The van der Waals surface area contributed by atoms with Crippen LogP contribution in [-0.2, 0) is 28.6 Å². The molecule has 0 saturated carbocycles. The molecule has 0 aliphatic rings. The third-order valence-corrected chi connectivity index (χ3v) is 9.78. The van der Waals surface area contributed by atoms with Crippen LogP contribution in [0.4, 0.5) is 14.6 Å². The van der Waals surface area contributed by atoms with E-state index in [-0.39, 0.29) is 24.1 Å². The molecule has 0 radical (unpaired) electrons. The zero-order chi connectivity index (χ0) is 30.3. The maximum Gasteiger partial charge on any atom is 0.144 e. The number of pyridine rings is 1. The molecular formula is C31H37ClF2N4O2SSi. The Morgan fingerprint density at radius 2 is 1.76 bits per heavy atom. The summed E-state index contributed by atoms with van der Waals surface area (Å²) >= 11 is 7.89. The number of nitrogens with zero attached hydrogens (tertiary/aromatic N) is 3.